The number of carbonyl (C=O) groups is 1. The maximum absolute atomic E-state index is 11.6. The van der Waals surface area contributed by atoms with E-state index in [4.69, 9.17) is 9.47 Å². The lowest BCUT2D eigenvalue weighted by atomic mass is 9.73. The topological polar surface area (TPSA) is 35.5 Å². The number of hydrogen-bond acceptors (Lipinski definition) is 3. The molecule has 0 radical (unpaired) electrons. The third-order valence-corrected chi connectivity index (χ3v) is 4.48. The van der Waals surface area contributed by atoms with Crippen molar-refractivity contribution in [2.24, 2.45) is 11.8 Å². The van der Waals surface area contributed by atoms with Gasteiger partial charge in [0.2, 0.25) is 0 Å². The zero-order valence-corrected chi connectivity index (χ0v) is 9.74. The molecule has 0 bridgehead atoms. The largest absolute Gasteiger partial charge is 0.347 e. The van der Waals surface area contributed by atoms with Crippen LogP contribution in [0.4, 0.5) is 0 Å². The minimum absolute atomic E-state index is 0.318. The minimum atomic E-state index is -0.318. The normalized spacial score (nSPS) is 38.4. The first-order valence-electron chi connectivity index (χ1n) is 6.60. The Morgan fingerprint density at radius 1 is 1.12 bits per heavy atom. The molecule has 3 rings (SSSR count). The van der Waals surface area contributed by atoms with E-state index in [-0.39, 0.29) is 5.79 Å². The highest BCUT2D eigenvalue weighted by atomic mass is 16.7. The Labute approximate surface area is 96.5 Å². The van der Waals surface area contributed by atoms with Gasteiger partial charge in [-0.3, -0.25) is 4.79 Å². The van der Waals surface area contributed by atoms with Gasteiger partial charge in [-0.1, -0.05) is 6.42 Å². The monoisotopic (exact) mass is 224 g/mol. The zero-order chi connectivity index (χ0) is 11.0. The summed E-state index contributed by atoms with van der Waals surface area (Å²) in [6.07, 6.45) is 7.09. The summed E-state index contributed by atoms with van der Waals surface area (Å²) in [6, 6.07) is 0. The standard InChI is InChI=1S/C13H20O3/c14-11-4-5-12-10(9-11)3-1-2-6-13(12)15-7-8-16-13/h10,12H,1-9H2/t10-,12-/m1/s1. The van der Waals surface area contributed by atoms with Gasteiger partial charge in [-0.2, -0.15) is 0 Å². The van der Waals surface area contributed by atoms with Crippen LogP contribution in [0.1, 0.15) is 44.9 Å². The number of hydrogen-bond donors (Lipinski definition) is 0. The molecule has 16 heavy (non-hydrogen) atoms. The van der Waals surface area contributed by atoms with Gasteiger partial charge in [0, 0.05) is 25.2 Å². The molecule has 1 heterocycles. The molecule has 0 aromatic rings. The molecule has 1 aliphatic heterocycles. The Balaban J connectivity index is 1.85. The van der Waals surface area contributed by atoms with E-state index >= 15 is 0 Å². The second-order valence-corrected chi connectivity index (χ2v) is 5.40. The smallest absolute Gasteiger partial charge is 0.171 e. The molecule has 3 nitrogen and oxygen atoms in total. The minimum Gasteiger partial charge on any atom is -0.347 e. The van der Waals surface area contributed by atoms with E-state index in [0.29, 0.717) is 17.6 Å². The van der Waals surface area contributed by atoms with Crippen LogP contribution in [0.15, 0.2) is 0 Å². The fourth-order valence-corrected chi connectivity index (χ4v) is 3.76. The highest BCUT2D eigenvalue weighted by molar-refractivity contribution is 5.79. The summed E-state index contributed by atoms with van der Waals surface area (Å²) in [6.45, 7) is 1.47. The molecular weight excluding hydrogens is 204 g/mol. The van der Waals surface area contributed by atoms with Gasteiger partial charge >= 0.3 is 0 Å². The van der Waals surface area contributed by atoms with Crippen molar-refractivity contribution in [3.05, 3.63) is 0 Å². The van der Waals surface area contributed by atoms with Crippen LogP contribution in [0, 0.1) is 11.8 Å². The molecule has 90 valence electrons. The number of Topliss-reactive ketones (excluding diaryl/α,β-unsaturated/α-hetero) is 1. The van der Waals surface area contributed by atoms with Crippen molar-refractivity contribution in [1.82, 2.24) is 0 Å². The van der Waals surface area contributed by atoms with Gasteiger partial charge in [-0.15, -0.1) is 0 Å². The van der Waals surface area contributed by atoms with Crippen LogP contribution in [0.25, 0.3) is 0 Å². The average molecular weight is 224 g/mol. The Kier molecular flexibility index (Phi) is 2.76. The quantitative estimate of drug-likeness (QED) is 0.633. The number of ketones is 1. The van der Waals surface area contributed by atoms with E-state index in [2.05, 4.69) is 0 Å². The van der Waals surface area contributed by atoms with Crippen LogP contribution in [-0.2, 0) is 14.3 Å². The van der Waals surface area contributed by atoms with E-state index < -0.39 is 0 Å². The lowest BCUT2D eigenvalue weighted by Gasteiger charge is -2.40. The maximum Gasteiger partial charge on any atom is 0.171 e. The van der Waals surface area contributed by atoms with Gasteiger partial charge in [0.15, 0.2) is 5.79 Å². The molecule has 0 aromatic carbocycles. The van der Waals surface area contributed by atoms with Crippen LogP contribution in [0.5, 0.6) is 0 Å². The number of carbonyl (C=O) groups excluding carboxylic acids is 1. The Bertz CT molecular complexity index is 281. The number of ether oxygens (including phenoxy) is 2. The fraction of sp³-hybridized carbons (Fsp3) is 0.923. The summed E-state index contributed by atoms with van der Waals surface area (Å²) in [5.41, 5.74) is 0. The molecule has 2 aliphatic carbocycles. The second kappa shape index (κ2) is 4.11. The highest BCUT2D eigenvalue weighted by Crippen LogP contribution is 2.47. The molecule has 0 unspecified atom stereocenters. The SMILES string of the molecule is O=C1CC[C@@H]2[C@H](CCCCC23OCCO3)C1. The van der Waals surface area contributed by atoms with Gasteiger partial charge < -0.3 is 9.47 Å². The van der Waals surface area contributed by atoms with Crippen molar-refractivity contribution in [2.75, 3.05) is 13.2 Å². The van der Waals surface area contributed by atoms with Crippen molar-refractivity contribution < 1.29 is 14.3 Å². The molecule has 3 heteroatoms. The van der Waals surface area contributed by atoms with E-state index in [1.54, 1.807) is 0 Å². The Morgan fingerprint density at radius 3 is 2.75 bits per heavy atom. The third-order valence-electron chi connectivity index (χ3n) is 4.48. The molecule has 2 atom stereocenters. The van der Waals surface area contributed by atoms with E-state index in [1.165, 1.54) is 19.3 Å². The van der Waals surface area contributed by atoms with Crippen molar-refractivity contribution in [3.63, 3.8) is 0 Å². The first-order valence-corrected chi connectivity index (χ1v) is 6.60. The van der Waals surface area contributed by atoms with Crippen molar-refractivity contribution in [1.29, 1.82) is 0 Å². The van der Waals surface area contributed by atoms with Crippen molar-refractivity contribution in [2.45, 2.75) is 50.7 Å². The van der Waals surface area contributed by atoms with Gasteiger partial charge in [0.05, 0.1) is 13.2 Å². The predicted octanol–water partition coefficient (Wildman–Crippen LogP) is 2.29. The number of rotatable bonds is 0. The van der Waals surface area contributed by atoms with Gasteiger partial charge in [-0.05, 0) is 25.2 Å². The lowest BCUT2D eigenvalue weighted by Crippen LogP contribution is -2.44. The van der Waals surface area contributed by atoms with Crippen LogP contribution >= 0.6 is 0 Å². The Morgan fingerprint density at radius 2 is 1.94 bits per heavy atom. The zero-order valence-electron chi connectivity index (χ0n) is 9.74. The predicted molar refractivity (Wildman–Crippen MR) is 58.9 cm³/mol. The summed E-state index contributed by atoms with van der Waals surface area (Å²) in [5.74, 6) is 1.11. The lowest BCUT2D eigenvalue weighted by molar-refractivity contribution is -0.213. The van der Waals surface area contributed by atoms with Crippen LogP contribution < -0.4 is 0 Å². The molecule has 1 saturated heterocycles. The third kappa shape index (κ3) is 1.70. The van der Waals surface area contributed by atoms with Crippen molar-refractivity contribution >= 4 is 5.78 Å². The molecule has 0 aromatic heterocycles. The first kappa shape index (κ1) is 10.7. The summed E-state index contributed by atoms with van der Waals surface area (Å²) >= 11 is 0. The van der Waals surface area contributed by atoms with E-state index in [9.17, 15) is 4.79 Å². The van der Waals surface area contributed by atoms with Gasteiger partial charge in [-0.25, -0.2) is 0 Å². The summed E-state index contributed by atoms with van der Waals surface area (Å²) in [4.78, 5) is 11.6. The average Bonchev–Trinajstić information content (AvgIpc) is 2.66. The second-order valence-electron chi connectivity index (χ2n) is 5.40. The Hall–Kier alpha value is -0.410. The molecule has 0 amide bonds. The maximum atomic E-state index is 11.6. The fourth-order valence-electron chi connectivity index (χ4n) is 3.76. The molecule has 3 fully saturated rings. The highest BCUT2D eigenvalue weighted by Gasteiger charge is 2.50. The molecular formula is C13H20O3. The van der Waals surface area contributed by atoms with Gasteiger partial charge in [0.1, 0.15) is 5.78 Å². The summed E-state index contributed by atoms with van der Waals surface area (Å²) in [7, 11) is 0. The van der Waals surface area contributed by atoms with Gasteiger partial charge in [0.25, 0.3) is 0 Å². The molecule has 3 aliphatic rings. The van der Waals surface area contributed by atoms with E-state index in [0.717, 1.165) is 38.9 Å². The molecule has 0 N–H and O–H groups in total. The van der Waals surface area contributed by atoms with Crippen LogP contribution in [0.3, 0.4) is 0 Å². The van der Waals surface area contributed by atoms with Crippen LogP contribution in [-0.4, -0.2) is 24.8 Å². The molecule has 2 saturated carbocycles. The number of fused-ring (bicyclic) bond motifs is 2. The van der Waals surface area contributed by atoms with Crippen LogP contribution in [0.2, 0.25) is 0 Å². The first-order chi connectivity index (χ1) is 7.80. The summed E-state index contributed by atoms with van der Waals surface area (Å²) < 4.78 is 11.9. The van der Waals surface area contributed by atoms with E-state index in [1.807, 2.05) is 0 Å². The van der Waals surface area contributed by atoms with Crippen molar-refractivity contribution in [3.8, 4) is 0 Å². The molecule has 1 spiro atoms. The summed E-state index contributed by atoms with van der Waals surface area (Å²) in [5, 5.41) is 0.